The van der Waals surface area contributed by atoms with E-state index >= 15 is 0 Å². The molecule has 10 nitrogen and oxygen atoms in total. The number of nitriles is 1. The van der Waals surface area contributed by atoms with Gasteiger partial charge in [-0.2, -0.15) is 0 Å². The average molecular weight is 638 g/mol. The predicted octanol–water partition coefficient (Wildman–Crippen LogP) is 3.94. The maximum absolute atomic E-state index is 13.0. The van der Waals surface area contributed by atoms with Gasteiger partial charge in [0.05, 0.1) is 0 Å². The van der Waals surface area contributed by atoms with Crippen LogP contribution in [0.3, 0.4) is 0 Å². The van der Waals surface area contributed by atoms with Gasteiger partial charge in [0.1, 0.15) is 0 Å². The zero-order chi connectivity index (χ0) is 27.3. The van der Waals surface area contributed by atoms with Crippen LogP contribution < -0.4 is 20.1 Å². The van der Waals surface area contributed by atoms with E-state index in [-0.39, 0.29) is 30.0 Å². The summed E-state index contributed by atoms with van der Waals surface area (Å²) in [4.78, 5) is 33.2. The number of pyridine rings is 1. The number of allylic oxidation sites excluding steroid dienone is 2. The molecular formula is C24H18F3IN6O4. The molecule has 0 bridgehead atoms. The molecule has 0 unspecified atom stereocenters. The Morgan fingerprint density at radius 3 is 2.74 bits per heavy atom. The van der Waals surface area contributed by atoms with Gasteiger partial charge in [-0.05, 0) is 0 Å². The maximum atomic E-state index is 13.0. The number of carbonyl (C=O) groups is 2. The van der Waals surface area contributed by atoms with Crippen LogP contribution in [-0.4, -0.2) is 39.7 Å². The number of hydrogen-bond donors (Lipinski definition) is 2. The molecule has 0 atom stereocenters. The Morgan fingerprint density at radius 2 is 2.00 bits per heavy atom. The molecule has 3 heterocycles. The number of ether oxygens (including phenoxy) is 2. The first kappa shape index (κ1) is 26.8. The third-order valence-electron chi connectivity index (χ3n) is 4.92. The van der Waals surface area contributed by atoms with Gasteiger partial charge in [0.25, 0.3) is 0 Å². The second kappa shape index (κ2) is 11.4. The molecule has 0 saturated heterocycles. The number of fused-ring (bicyclic) bond motifs is 1. The van der Waals surface area contributed by atoms with Crippen molar-refractivity contribution in [2.24, 2.45) is 8.20 Å². The summed E-state index contributed by atoms with van der Waals surface area (Å²) in [5, 5.41) is 13.8. The second-order valence-corrected chi connectivity index (χ2v) is 11.4. The van der Waals surface area contributed by atoms with Crippen molar-refractivity contribution in [1.29, 1.82) is 5.26 Å². The molecule has 14 heteroatoms. The first-order chi connectivity index (χ1) is 18.2. The quantitative estimate of drug-likeness (QED) is 0.421. The fourth-order valence-corrected chi connectivity index (χ4v) is 6.92. The van der Waals surface area contributed by atoms with Crippen LogP contribution in [0.4, 0.5) is 13.2 Å². The number of aliphatic imine (C=N–C) groups is 1. The molecule has 2 aliphatic rings. The third kappa shape index (κ3) is 6.54. The number of rotatable bonds is 8. The molecule has 196 valence electrons. The molecule has 2 aromatic rings. The van der Waals surface area contributed by atoms with E-state index in [0.29, 0.717) is 17.1 Å². The Balaban J connectivity index is 1.52. The average Bonchev–Trinajstić information content (AvgIpc) is 3.28. The van der Waals surface area contributed by atoms with Gasteiger partial charge in [0, 0.05) is 0 Å². The minimum absolute atomic E-state index is 0.0239. The van der Waals surface area contributed by atoms with Crippen molar-refractivity contribution in [3.05, 3.63) is 75.3 Å². The van der Waals surface area contributed by atoms with E-state index in [1.807, 2.05) is 0 Å². The van der Waals surface area contributed by atoms with Crippen LogP contribution in [0.5, 0.6) is 11.6 Å². The number of para-hydroxylation sites is 1. The van der Waals surface area contributed by atoms with Crippen molar-refractivity contribution in [2.75, 3.05) is 7.11 Å². The van der Waals surface area contributed by atoms with Gasteiger partial charge >= 0.3 is 209 Å². The summed E-state index contributed by atoms with van der Waals surface area (Å²) in [6, 6.07) is 8.78. The minimum Gasteiger partial charge on any atom is -0.132 e. The van der Waals surface area contributed by atoms with Crippen molar-refractivity contribution in [1.82, 2.24) is 15.6 Å². The summed E-state index contributed by atoms with van der Waals surface area (Å²) < 4.78 is 54.6. The standard InChI is InChI=1S/C24H18F3IN6O4/c1-37-23-16(22(36)30-12-14-4-2-3-5-18(14)38-24(25,26)27)10-15(13-31-23)17-6-7-19-28(34-17)11-20(32-19)33-21(35)8-9-29/h2-7,10-11,13H,8,12H2,1H3,(H,30,36)(H,33,35). The van der Waals surface area contributed by atoms with Gasteiger partial charge in [-0.1, -0.05) is 0 Å². The van der Waals surface area contributed by atoms with Gasteiger partial charge in [-0.15, -0.1) is 13.2 Å². The smallest absolute Gasteiger partial charge is 0.132 e. The fourth-order valence-electron chi connectivity index (χ4n) is 3.30. The second-order valence-electron chi connectivity index (χ2n) is 7.53. The molecule has 4 rings (SSSR count). The van der Waals surface area contributed by atoms with E-state index in [0.717, 1.165) is 9.78 Å². The molecule has 0 spiro atoms. The SMILES string of the molecule is COc1ncc(C2=NI3C=C(NC(=O)CC#N)N=C3C=C2)cc1C(=O)NCc1ccccc1OC(F)(F)F. The molecule has 2 N–H and O–H groups in total. The number of amides is 2. The number of carbonyl (C=O) groups excluding carboxylic acids is 2. The van der Waals surface area contributed by atoms with Crippen molar-refractivity contribution < 1.29 is 32.2 Å². The van der Waals surface area contributed by atoms with Crippen LogP contribution in [0.2, 0.25) is 0 Å². The normalized spacial score (nSPS) is 14.9. The van der Waals surface area contributed by atoms with Gasteiger partial charge in [0.15, 0.2) is 0 Å². The van der Waals surface area contributed by atoms with Crippen molar-refractivity contribution in [3.63, 3.8) is 0 Å². The monoisotopic (exact) mass is 638 g/mol. The van der Waals surface area contributed by atoms with Crippen LogP contribution in [0.1, 0.15) is 27.9 Å². The van der Waals surface area contributed by atoms with Gasteiger partial charge in [0.2, 0.25) is 0 Å². The molecule has 2 amide bonds. The number of benzene rings is 1. The van der Waals surface area contributed by atoms with E-state index < -0.39 is 44.0 Å². The van der Waals surface area contributed by atoms with Crippen molar-refractivity contribution in [2.45, 2.75) is 19.3 Å². The van der Waals surface area contributed by atoms with E-state index in [1.165, 1.54) is 37.6 Å². The number of methoxy groups -OCH3 is 1. The molecule has 2 aliphatic heterocycles. The molecule has 38 heavy (non-hydrogen) atoms. The molecule has 1 aromatic carbocycles. The Hall–Kier alpha value is -4.26. The molecule has 0 fully saturated rings. The molecular weight excluding hydrogens is 620 g/mol. The van der Waals surface area contributed by atoms with Crippen molar-refractivity contribution in [3.8, 4) is 17.7 Å². The van der Waals surface area contributed by atoms with Gasteiger partial charge < -0.3 is 0 Å². The van der Waals surface area contributed by atoms with Gasteiger partial charge in [-0.3, -0.25) is 0 Å². The number of hydrogen-bond acceptors (Lipinski definition) is 8. The Labute approximate surface area is 221 Å². The zero-order valence-electron chi connectivity index (χ0n) is 19.5. The summed E-state index contributed by atoms with van der Waals surface area (Å²) >= 11 is -2.27. The van der Waals surface area contributed by atoms with Gasteiger partial charge in [-0.25, -0.2) is 0 Å². The van der Waals surface area contributed by atoms with E-state index in [4.69, 9.17) is 13.2 Å². The van der Waals surface area contributed by atoms with E-state index in [1.54, 1.807) is 22.3 Å². The first-order valence-electron chi connectivity index (χ1n) is 10.8. The van der Waals surface area contributed by atoms with Crippen LogP contribution in [-0.2, 0) is 11.3 Å². The zero-order valence-corrected chi connectivity index (χ0v) is 21.7. The predicted molar refractivity (Wildman–Crippen MR) is 139 cm³/mol. The number of nitrogens with zero attached hydrogens (tertiary/aromatic N) is 4. The molecule has 0 aliphatic carbocycles. The van der Waals surface area contributed by atoms with Crippen LogP contribution >= 0.6 is 20.1 Å². The first-order valence-corrected chi connectivity index (χ1v) is 14.0. The summed E-state index contributed by atoms with van der Waals surface area (Å²) in [5.41, 5.74) is 1.25. The Bertz CT molecular complexity index is 1450. The van der Waals surface area contributed by atoms with Crippen molar-refractivity contribution >= 4 is 41.3 Å². The summed E-state index contributed by atoms with van der Waals surface area (Å²) in [6.07, 6.45) is -0.199. The minimum atomic E-state index is -4.87. The summed E-state index contributed by atoms with van der Waals surface area (Å²) in [7, 11) is 1.34. The number of alkyl halides is 3. The Kier molecular flexibility index (Phi) is 8.05. The molecule has 1 aromatic heterocycles. The fraction of sp³-hybridized carbons (Fsp3) is 0.167. The summed E-state index contributed by atoms with van der Waals surface area (Å²) in [5.74, 6) is -1.13. The van der Waals surface area contributed by atoms with Crippen LogP contribution in [0.15, 0.2) is 66.8 Å². The number of nitrogens with one attached hydrogen (secondary N) is 2. The third-order valence-corrected chi connectivity index (χ3v) is 8.88. The Morgan fingerprint density at radius 1 is 1.21 bits per heavy atom. The summed E-state index contributed by atoms with van der Waals surface area (Å²) in [6.45, 7) is -0.236. The van der Waals surface area contributed by atoms with Crippen LogP contribution in [0.25, 0.3) is 0 Å². The number of halogens is 4. The molecule has 0 radical (unpaired) electrons. The van der Waals surface area contributed by atoms with Crippen LogP contribution in [0, 0.1) is 11.3 Å². The van der Waals surface area contributed by atoms with E-state index in [9.17, 15) is 22.8 Å². The van der Waals surface area contributed by atoms with E-state index in [2.05, 4.69) is 25.3 Å². The molecule has 0 saturated carbocycles. The number of aromatic nitrogens is 1. The topological polar surface area (TPSA) is 138 Å².